The minimum absolute atomic E-state index is 0.00531. The maximum absolute atomic E-state index is 12.3. The van der Waals surface area contributed by atoms with Crippen molar-refractivity contribution in [2.75, 3.05) is 30.4 Å². The summed E-state index contributed by atoms with van der Waals surface area (Å²) in [5.41, 5.74) is 3.10. The Morgan fingerprint density at radius 2 is 1.91 bits per heavy atom. The first-order valence-electron chi connectivity index (χ1n) is 11.3. The molecule has 0 aliphatic rings. The van der Waals surface area contributed by atoms with Crippen molar-refractivity contribution in [3.05, 3.63) is 29.8 Å². The van der Waals surface area contributed by atoms with Crippen LogP contribution in [0.4, 0.5) is 10.9 Å². The first kappa shape index (κ1) is 24.0. The van der Waals surface area contributed by atoms with Gasteiger partial charge in [-0.1, -0.05) is 56.4 Å². The van der Waals surface area contributed by atoms with Gasteiger partial charge in [0, 0.05) is 24.7 Å². The third-order valence-electron chi connectivity index (χ3n) is 5.07. The molecule has 0 aliphatic heterocycles. The van der Waals surface area contributed by atoms with Gasteiger partial charge in [0.2, 0.25) is 16.0 Å². The lowest BCUT2D eigenvalue weighted by atomic mass is 10.1. The highest BCUT2D eigenvalue weighted by atomic mass is 32.1. The van der Waals surface area contributed by atoms with Crippen molar-refractivity contribution in [2.45, 2.75) is 59.9 Å². The molecular formula is C24H36N6OS. The molecule has 1 amide bonds. The van der Waals surface area contributed by atoms with E-state index in [4.69, 9.17) is 10.1 Å². The fourth-order valence-electron chi connectivity index (χ4n) is 3.30. The van der Waals surface area contributed by atoms with E-state index in [0.29, 0.717) is 12.5 Å². The summed E-state index contributed by atoms with van der Waals surface area (Å²) in [5.74, 6) is 1.45. The van der Waals surface area contributed by atoms with E-state index in [9.17, 15) is 4.79 Å². The van der Waals surface area contributed by atoms with Crippen molar-refractivity contribution in [3.63, 3.8) is 0 Å². The molecule has 0 saturated heterocycles. The van der Waals surface area contributed by atoms with Gasteiger partial charge in [0.05, 0.1) is 6.54 Å². The van der Waals surface area contributed by atoms with Crippen LogP contribution in [-0.4, -0.2) is 46.2 Å². The largest absolute Gasteiger partial charge is 0.364 e. The molecule has 32 heavy (non-hydrogen) atoms. The number of aryl methyl sites for hydroxylation is 1. The highest BCUT2D eigenvalue weighted by molar-refractivity contribution is 7.20. The van der Waals surface area contributed by atoms with E-state index in [0.717, 1.165) is 40.0 Å². The molecule has 0 atom stereocenters. The standard InChI is InChI=1S/C24H36N6OS/c1-8-17-9-11-18(12-10-17)20-21(27-24(4,5)6)30-22(26-20)32-23(28-30)29(7)15-19(31)25-14-13-16(2)3/h9-12,16,27H,8,13-15H2,1-7H3,(H,25,31). The zero-order valence-corrected chi connectivity index (χ0v) is 21.1. The Bertz CT molecular complexity index is 1050. The van der Waals surface area contributed by atoms with Gasteiger partial charge in [-0.2, -0.15) is 4.52 Å². The Balaban J connectivity index is 1.86. The number of carbonyl (C=O) groups excluding carboxylic acids is 1. The molecular weight excluding hydrogens is 420 g/mol. The summed E-state index contributed by atoms with van der Waals surface area (Å²) in [6.07, 6.45) is 1.98. The summed E-state index contributed by atoms with van der Waals surface area (Å²) < 4.78 is 1.86. The Morgan fingerprint density at radius 3 is 2.50 bits per heavy atom. The molecule has 0 radical (unpaired) electrons. The topological polar surface area (TPSA) is 74.6 Å². The van der Waals surface area contributed by atoms with Crippen LogP contribution in [0.5, 0.6) is 0 Å². The van der Waals surface area contributed by atoms with E-state index in [-0.39, 0.29) is 18.0 Å². The highest BCUT2D eigenvalue weighted by Gasteiger charge is 2.23. The molecule has 7 nitrogen and oxygen atoms in total. The van der Waals surface area contributed by atoms with Gasteiger partial charge in [-0.25, -0.2) is 4.98 Å². The summed E-state index contributed by atoms with van der Waals surface area (Å²) in [6.45, 7) is 13.8. The summed E-state index contributed by atoms with van der Waals surface area (Å²) >= 11 is 1.49. The quantitative estimate of drug-likeness (QED) is 0.482. The summed E-state index contributed by atoms with van der Waals surface area (Å²) in [4.78, 5) is 19.9. The molecule has 2 heterocycles. The Labute approximate surface area is 195 Å². The molecule has 0 unspecified atom stereocenters. The Morgan fingerprint density at radius 1 is 1.22 bits per heavy atom. The van der Waals surface area contributed by atoms with E-state index < -0.39 is 0 Å². The zero-order chi connectivity index (χ0) is 23.5. The van der Waals surface area contributed by atoms with Gasteiger partial charge in [0.1, 0.15) is 5.69 Å². The molecule has 8 heteroatoms. The number of hydrogen-bond donors (Lipinski definition) is 2. The number of carbonyl (C=O) groups is 1. The molecule has 0 aliphatic carbocycles. The monoisotopic (exact) mass is 456 g/mol. The number of likely N-dealkylation sites (N-methyl/N-ethyl adjacent to an activating group) is 1. The van der Waals surface area contributed by atoms with Crippen LogP contribution in [0.3, 0.4) is 0 Å². The van der Waals surface area contributed by atoms with E-state index in [1.807, 2.05) is 16.5 Å². The summed E-state index contributed by atoms with van der Waals surface area (Å²) in [6, 6.07) is 8.53. The molecule has 174 valence electrons. The van der Waals surface area contributed by atoms with Crippen LogP contribution in [0, 0.1) is 5.92 Å². The van der Waals surface area contributed by atoms with Crippen LogP contribution < -0.4 is 15.5 Å². The Hall–Kier alpha value is -2.61. The molecule has 0 saturated carbocycles. The lowest BCUT2D eigenvalue weighted by Crippen LogP contribution is -2.36. The number of anilines is 2. The minimum atomic E-state index is -0.153. The molecule has 0 spiro atoms. The van der Waals surface area contributed by atoms with Crippen molar-refractivity contribution >= 4 is 33.2 Å². The van der Waals surface area contributed by atoms with Crippen molar-refractivity contribution in [3.8, 4) is 11.3 Å². The van der Waals surface area contributed by atoms with E-state index in [1.54, 1.807) is 0 Å². The maximum Gasteiger partial charge on any atom is 0.239 e. The van der Waals surface area contributed by atoms with Gasteiger partial charge in [0.25, 0.3) is 0 Å². The normalized spacial score (nSPS) is 11.9. The molecule has 1 aromatic carbocycles. The predicted molar refractivity (Wildman–Crippen MR) is 135 cm³/mol. The molecule has 2 aromatic heterocycles. The fraction of sp³-hybridized carbons (Fsp3) is 0.542. The molecule has 0 bridgehead atoms. The first-order chi connectivity index (χ1) is 15.1. The number of hydrogen-bond acceptors (Lipinski definition) is 6. The van der Waals surface area contributed by atoms with Gasteiger partial charge < -0.3 is 15.5 Å². The summed E-state index contributed by atoms with van der Waals surface area (Å²) in [5, 5.41) is 12.1. The zero-order valence-electron chi connectivity index (χ0n) is 20.3. The number of fused-ring (bicyclic) bond motifs is 1. The van der Waals surface area contributed by atoms with Gasteiger partial charge in [0.15, 0.2) is 5.82 Å². The predicted octanol–water partition coefficient (Wildman–Crippen LogP) is 4.83. The molecule has 2 N–H and O–H groups in total. The smallest absolute Gasteiger partial charge is 0.239 e. The van der Waals surface area contributed by atoms with Crippen LogP contribution in [0.2, 0.25) is 0 Å². The second-order valence-corrected chi connectivity index (χ2v) is 10.6. The number of amides is 1. The maximum atomic E-state index is 12.3. The number of benzene rings is 1. The molecule has 0 fully saturated rings. The molecule has 3 rings (SSSR count). The number of nitrogens with one attached hydrogen (secondary N) is 2. The van der Waals surface area contributed by atoms with Crippen molar-refractivity contribution in [2.24, 2.45) is 5.92 Å². The number of aromatic nitrogens is 3. The van der Waals surface area contributed by atoms with E-state index in [1.165, 1.54) is 16.9 Å². The van der Waals surface area contributed by atoms with Gasteiger partial charge >= 0.3 is 0 Å². The van der Waals surface area contributed by atoms with Crippen molar-refractivity contribution < 1.29 is 4.79 Å². The number of imidazole rings is 1. The second kappa shape index (κ2) is 9.90. The van der Waals surface area contributed by atoms with Crippen molar-refractivity contribution in [1.29, 1.82) is 0 Å². The van der Waals surface area contributed by atoms with Crippen LogP contribution >= 0.6 is 11.3 Å². The van der Waals surface area contributed by atoms with Crippen LogP contribution in [0.15, 0.2) is 24.3 Å². The summed E-state index contributed by atoms with van der Waals surface area (Å²) in [7, 11) is 1.89. The number of rotatable bonds is 9. The van der Waals surface area contributed by atoms with Crippen LogP contribution in [0.25, 0.3) is 16.2 Å². The fourth-order valence-corrected chi connectivity index (χ4v) is 4.16. The van der Waals surface area contributed by atoms with Gasteiger partial charge in [-0.3, -0.25) is 4.79 Å². The molecule has 3 aromatic rings. The first-order valence-corrected chi connectivity index (χ1v) is 12.1. The van der Waals surface area contributed by atoms with Crippen LogP contribution in [-0.2, 0) is 11.2 Å². The second-order valence-electron chi connectivity index (χ2n) is 9.70. The Kier molecular flexibility index (Phi) is 7.44. The van der Waals surface area contributed by atoms with Crippen LogP contribution in [0.1, 0.15) is 53.5 Å². The highest BCUT2D eigenvalue weighted by Crippen LogP contribution is 2.34. The average molecular weight is 457 g/mol. The minimum Gasteiger partial charge on any atom is -0.364 e. The lowest BCUT2D eigenvalue weighted by Gasteiger charge is -2.22. The van der Waals surface area contributed by atoms with E-state index in [2.05, 4.69) is 76.4 Å². The number of nitrogens with zero attached hydrogens (tertiary/aromatic N) is 4. The van der Waals surface area contributed by atoms with Gasteiger partial charge in [-0.15, -0.1) is 5.10 Å². The lowest BCUT2D eigenvalue weighted by molar-refractivity contribution is -0.119. The third-order valence-corrected chi connectivity index (χ3v) is 6.10. The SMILES string of the molecule is CCc1ccc(-c2nc3sc(N(C)CC(=O)NCCC(C)C)nn3c2NC(C)(C)C)cc1. The average Bonchev–Trinajstić information content (AvgIpc) is 3.26. The van der Waals surface area contributed by atoms with E-state index >= 15 is 0 Å². The third kappa shape index (κ3) is 6.00. The van der Waals surface area contributed by atoms with Crippen molar-refractivity contribution in [1.82, 2.24) is 19.9 Å². The van der Waals surface area contributed by atoms with Gasteiger partial charge in [-0.05, 0) is 45.1 Å².